The average Bonchev–Trinajstić information content (AvgIpc) is 3.16. The van der Waals surface area contributed by atoms with Gasteiger partial charge in [-0.1, -0.05) is 0 Å². The zero-order valence-corrected chi connectivity index (χ0v) is 15.5. The Morgan fingerprint density at radius 1 is 1.07 bits per heavy atom. The van der Waals surface area contributed by atoms with Crippen molar-refractivity contribution in [2.75, 3.05) is 23.8 Å². The van der Waals surface area contributed by atoms with Crippen LogP contribution in [-0.2, 0) is 4.74 Å². The smallest absolute Gasteiger partial charge is 0.178 e. The Kier molecular flexibility index (Phi) is 4.50. The highest BCUT2D eigenvalue weighted by atomic mass is 16.5. The maximum absolute atomic E-state index is 5.81. The van der Waals surface area contributed by atoms with Crippen molar-refractivity contribution in [1.29, 1.82) is 0 Å². The molecule has 3 aromatic heterocycles. The maximum atomic E-state index is 5.81. The van der Waals surface area contributed by atoms with Gasteiger partial charge in [-0.3, -0.25) is 10.1 Å². The molecule has 1 unspecified atom stereocenters. The van der Waals surface area contributed by atoms with Crippen molar-refractivity contribution in [3.05, 3.63) is 48.8 Å². The molecule has 0 saturated carbocycles. The molecule has 1 fully saturated rings. The van der Waals surface area contributed by atoms with E-state index in [-0.39, 0.29) is 6.10 Å². The van der Waals surface area contributed by atoms with Crippen LogP contribution in [0.15, 0.2) is 48.8 Å². The molecule has 0 bridgehead atoms. The first-order chi connectivity index (χ1) is 13.9. The van der Waals surface area contributed by atoms with Crippen molar-refractivity contribution in [3.8, 4) is 0 Å². The first-order valence-corrected chi connectivity index (χ1v) is 9.67. The Morgan fingerprint density at radius 2 is 2.07 bits per heavy atom. The summed E-state index contributed by atoms with van der Waals surface area (Å²) in [5, 5.41) is 16.3. The number of hydrogen-bond acceptors (Lipinski definition) is 6. The standard InChI is InChI=1S/C21H22N6O/c1-2-11-28-16(4-1)13-24-20-17-7-6-15(12-14(17)8-10-23-20)25-21-19-18(26-27-21)5-3-9-22-19/h3,5-10,12,16H,1-2,4,11,13H2,(H,23,24)(H2,25,26,27). The number of aromatic amines is 1. The lowest BCUT2D eigenvalue weighted by atomic mass is 10.1. The summed E-state index contributed by atoms with van der Waals surface area (Å²) in [5.41, 5.74) is 2.69. The first-order valence-electron chi connectivity index (χ1n) is 9.67. The fraction of sp³-hybridized carbons (Fsp3) is 0.286. The summed E-state index contributed by atoms with van der Waals surface area (Å²) in [6.07, 6.45) is 7.38. The topological polar surface area (TPSA) is 87.8 Å². The Labute approximate surface area is 162 Å². The van der Waals surface area contributed by atoms with Crippen LogP contribution in [0.1, 0.15) is 19.3 Å². The third-order valence-electron chi connectivity index (χ3n) is 5.12. The minimum Gasteiger partial charge on any atom is -0.376 e. The van der Waals surface area contributed by atoms with Gasteiger partial charge in [0.15, 0.2) is 5.82 Å². The number of anilines is 3. The Morgan fingerprint density at radius 3 is 3.00 bits per heavy atom. The fourth-order valence-electron chi connectivity index (χ4n) is 3.65. The van der Waals surface area contributed by atoms with Crippen molar-refractivity contribution in [2.45, 2.75) is 25.4 Å². The number of rotatable bonds is 5. The molecule has 0 aliphatic carbocycles. The lowest BCUT2D eigenvalue weighted by Crippen LogP contribution is -2.27. The highest BCUT2D eigenvalue weighted by molar-refractivity contribution is 5.95. The number of hydrogen-bond donors (Lipinski definition) is 3. The van der Waals surface area contributed by atoms with Crippen LogP contribution in [0.5, 0.6) is 0 Å². The summed E-state index contributed by atoms with van der Waals surface area (Å²) in [6.45, 7) is 1.65. The van der Waals surface area contributed by atoms with Crippen molar-refractivity contribution in [1.82, 2.24) is 20.2 Å². The predicted molar refractivity (Wildman–Crippen MR) is 111 cm³/mol. The Balaban J connectivity index is 1.37. The summed E-state index contributed by atoms with van der Waals surface area (Å²) in [5.74, 6) is 1.61. The number of benzene rings is 1. The fourth-order valence-corrected chi connectivity index (χ4v) is 3.65. The van der Waals surface area contributed by atoms with Crippen molar-refractivity contribution in [2.24, 2.45) is 0 Å². The molecule has 1 aromatic carbocycles. The molecule has 7 nitrogen and oxygen atoms in total. The molecule has 3 N–H and O–H groups in total. The van der Waals surface area contributed by atoms with Crippen LogP contribution >= 0.6 is 0 Å². The van der Waals surface area contributed by atoms with Crippen LogP contribution in [-0.4, -0.2) is 39.4 Å². The van der Waals surface area contributed by atoms with Crippen molar-refractivity contribution in [3.63, 3.8) is 0 Å². The second-order valence-corrected chi connectivity index (χ2v) is 7.06. The summed E-state index contributed by atoms with van der Waals surface area (Å²) in [7, 11) is 0. The van der Waals surface area contributed by atoms with Crippen LogP contribution in [0.3, 0.4) is 0 Å². The van der Waals surface area contributed by atoms with Gasteiger partial charge in [-0.05, 0) is 61.0 Å². The minimum atomic E-state index is 0.271. The number of pyridine rings is 2. The zero-order chi connectivity index (χ0) is 18.8. The van der Waals surface area contributed by atoms with E-state index < -0.39 is 0 Å². The van der Waals surface area contributed by atoms with Crippen LogP contribution in [0.25, 0.3) is 21.8 Å². The maximum Gasteiger partial charge on any atom is 0.178 e. The van der Waals surface area contributed by atoms with Gasteiger partial charge in [0.25, 0.3) is 0 Å². The molecule has 28 heavy (non-hydrogen) atoms. The molecule has 5 rings (SSSR count). The average molecular weight is 374 g/mol. The molecule has 0 amide bonds. The van der Waals surface area contributed by atoms with E-state index in [1.165, 1.54) is 12.8 Å². The summed E-state index contributed by atoms with van der Waals surface area (Å²) in [4.78, 5) is 8.92. The number of nitrogens with one attached hydrogen (secondary N) is 3. The van der Waals surface area contributed by atoms with E-state index >= 15 is 0 Å². The first kappa shape index (κ1) is 16.9. The van der Waals surface area contributed by atoms with E-state index in [0.29, 0.717) is 0 Å². The molecule has 0 radical (unpaired) electrons. The highest BCUT2D eigenvalue weighted by Crippen LogP contribution is 2.27. The summed E-state index contributed by atoms with van der Waals surface area (Å²) < 4.78 is 5.81. The molecule has 1 aliphatic rings. The van der Waals surface area contributed by atoms with E-state index in [1.807, 2.05) is 30.5 Å². The van der Waals surface area contributed by atoms with Gasteiger partial charge < -0.3 is 15.4 Å². The molecule has 142 valence electrons. The molecule has 4 heterocycles. The zero-order valence-electron chi connectivity index (χ0n) is 15.5. The van der Waals surface area contributed by atoms with Crippen LogP contribution < -0.4 is 10.6 Å². The second-order valence-electron chi connectivity index (χ2n) is 7.06. The van der Waals surface area contributed by atoms with Gasteiger partial charge in [-0.25, -0.2) is 4.98 Å². The number of aromatic nitrogens is 4. The van der Waals surface area contributed by atoms with Crippen molar-refractivity contribution < 1.29 is 4.74 Å². The molecule has 0 spiro atoms. The van der Waals surface area contributed by atoms with E-state index in [9.17, 15) is 0 Å². The molecular weight excluding hydrogens is 352 g/mol. The van der Waals surface area contributed by atoms with Crippen molar-refractivity contribution >= 4 is 39.1 Å². The molecule has 1 saturated heterocycles. The minimum absolute atomic E-state index is 0.271. The molecule has 7 heteroatoms. The number of H-pyrrole nitrogens is 1. The molecular formula is C21H22N6O. The van der Waals surface area contributed by atoms with E-state index in [2.05, 4.69) is 42.9 Å². The van der Waals surface area contributed by atoms with E-state index in [1.54, 1.807) is 6.20 Å². The lowest BCUT2D eigenvalue weighted by molar-refractivity contribution is 0.0247. The van der Waals surface area contributed by atoms with Crippen LogP contribution in [0.4, 0.5) is 17.3 Å². The van der Waals surface area contributed by atoms with Crippen LogP contribution in [0.2, 0.25) is 0 Å². The van der Waals surface area contributed by atoms with Gasteiger partial charge in [-0.15, -0.1) is 0 Å². The molecule has 4 aromatic rings. The molecule has 1 atom stereocenters. The molecule has 1 aliphatic heterocycles. The number of fused-ring (bicyclic) bond motifs is 2. The van der Waals surface area contributed by atoms with Gasteiger partial charge in [0.05, 0.1) is 11.6 Å². The Hall–Kier alpha value is -3.19. The predicted octanol–water partition coefficient (Wildman–Crippen LogP) is 4.23. The van der Waals surface area contributed by atoms with Gasteiger partial charge >= 0.3 is 0 Å². The monoisotopic (exact) mass is 374 g/mol. The van der Waals surface area contributed by atoms with Gasteiger partial charge in [-0.2, -0.15) is 5.10 Å². The van der Waals surface area contributed by atoms with Gasteiger partial charge in [0, 0.05) is 36.6 Å². The van der Waals surface area contributed by atoms with Gasteiger partial charge in [0.1, 0.15) is 11.3 Å². The third-order valence-corrected chi connectivity index (χ3v) is 5.12. The van der Waals surface area contributed by atoms with E-state index in [4.69, 9.17) is 4.74 Å². The second kappa shape index (κ2) is 7.44. The highest BCUT2D eigenvalue weighted by Gasteiger charge is 2.14. The largest absolute Gasteiger partial charge is 0.376 e. The normalized spacial score (nSPS) is 17.1. The third kappa shape index (κ3) is 3.36. The summed E-state index contributed by atoms with van der Waals surface area (Å²) in [6, 6.07) is 12.1. The quantitative estimate of drug-likeness (QED) is 0.484. The Bertz CT molecular complexity index is 1100. The van der Waals surface area contributed by atoms with Gasteiger partial charge in [0.2, 0.25) is 0 Å². The number of ether oxygens (including phenoxy) is 1. The van der Waals surface area contributed by atoms with Crippen LogP contribution in [0, 0.1) is 0 Å². The lowest BCUT2D eigenvalue weighted by Gasteiger charge is -2.23. The summed E-state index contributed by atoms with van der Waals surface area (Å²) >= 11 is 0. The SMILES string of the molecule is c1cnc2c(Nc3ccc4c(NCC5CCCCO5)nccc4c3)n[nH]c2c1. The van der Waals surface area contributed by atoms with E-state index in [0.717, 1.165) is 58.7 Å². The number of nitrogens with zero attached hydrogens (tertiary/aromatic N) is 3.